The second-order valence-electron chi connectivity index (χ2n) is 6.66. The van der Waals surface area contributed by atoms with Crippen LogP contribution >= 0.6 is 12.8 Å². The third-order valence-electron chi connectivity index (χ3n) is 4.73. The average Bonchev–Trinajstić information content (AvgIpc) is 3.04. The van der Waals surface area contributed by atoms with Gasteiger partial charge in [0.2, 0.25) is 0 Å². The molecule has 1 fully saturated rings. The molecular weight excluding hydrogens is 370 g/mol. The molecule has 0 aliphatic carbocycles. The predicted octanol–water partition coefficient (Wildman–Crippen LogP) is 4.49. The van der Waals surface area contributed by atoms with E-state index < -0.39 is 0 Å². The van der Waals surface area contributed by atoms with Gasteiger partial charge in [-0.15, -0.1) is 0 Å². The fourth-order valence-electron chi connectivity index (χ4n) is 3.34. The predicted molar refractivity (Wildman–Crippen MR) is 118 cm³/mol. The molecule has 2 aromatic heterocycles. The van der Waals surface area contributed by atoms with Crippen molar-refractivity contribution < 1.29 is 9.47 Å². The highest BCUT2D eigenvalue weighted by atomic mass is 32.1. The van der Waals surface area contributed by atoms with E-state index in [-0.39, 0.29) is 6.10 Å². The number of hydrogen-bond acceptors (Lipinski definition) is 5. The van der Waals surface area contributed by atoms with Gasteiger partial charge in [-0.25, -0.2) is 4.98 Å². The Balaban J connectivity index is 0.00000109. The number of rotatable bonds is 5. The minimum Gasteiger partial charge on any atom is -0.374 e. The van der Waals surface area contributed by atoms with Crippen molar-refractivity contribution in [3.8, 4) is 0 Å². The summed E-state index contributed by atoms with van der Waals surface area (Å²) in [6.07, 6.45) is 3.98. The van der Waals surface area contributed by atoms with E-state index in [1.807, 2.05) is 44.4 Å². The smallest absolute Gasteiger partial charge is 0.150 e. The van der Waals surface area contributed by atoms with Gasteiger partial charge in [-0.05, 0) is 24.1 Å². The van der Waals surface area contributed by atoms with Gasteiger partial charge < -0.3 is 14.4 Å². The number of aromatic nitrogens is 2. The van der Waals surface area contributed by atoms with E-state index in [0.29, 0.717) is 19.8 Å². The Kier molecular flexibility index (Phi) is 7.36. The average molecular weight is 400 g/mol. The topological polar surface area (TPSA) is 39.5 Å². The first kappa shape index (κ1) is 20.7. The van der Waals surface area contributed by atoms with E-state index in [1.165, 1.54) is 11.1 Å². The molecule has 1 saturated heterocycles. The lowest BCUT2D eigenvalue weighted by molar-refractivity contribution is -0.0283. The van der Waals surface area contributed by atoms with Crippen LogP contribution < -0.4 is 4.90 Å². The van der Waals surface area contributed by atoms with Crippen molar-refractivity contribution in [1.82, 2.24) is 8.96 Å². The Labute approximate surface area is 172 Å². The second-order valence-corrected chi connectivity index (χ2v) is 7.09. The Bertz CT molecular complexity index is 882. The van der Waals surface area contributed by atoms with E-state index in [2.05, 4.69) is 47.8 Å². The number of ether oxygens (including phenoxy) is 2. The molecule has 1 unspecified atom stereocenters. The highest BCUT2D eigenvalue weighted by Crippen LogP contribution is 2.26. The van der Waals surface area contributed by atoms with Crippen molar-refractivity contribution in [2.75, 3.05) is 31.2 Å². The van der Waals surface area contributed by atoms with E-state index >= 15 is 0 Å². The molecule has 1 aromatic carbocycles. The van der Waals surface area contributed by atoms with Crippen LogP contribution in [-0.4, -0.2) is 41.4 Å². The molecule has 0 N–H and O–H groups in total. The maximum absolute atomic E-state index is 5.88. The van der Waals surface area contributed by atoms with Gasteiger partial charge in [0.05, 0.1) is 37.8 Å². The molecule has 1 aliphatic rings. The summed E-state index contributed by atoms with van der Waals surface area (Å²) < 4.78 is 13.5. The van der Waals surface area contributed by atoms with Crippen molar-refractivity contribution in [3.63, 3.8) is 0 Å². The monoisotopic (exact) mass is 399 g/mol. The summed E-state index contributed by atoms with van der Waals surface area (Å²) in [7, 11) is 0. The fourth-order valence-corrected chi connectivity index (χ4v) is 3.68. The van der Waals surface area contributed by atoms with Crippen molar-refractivity contribution in [2.45, 2.75) is 33.5 Å². The Morgan fingerprint density at radius 3 is 2.82 bits per heavy atom. The van der Waals surface area contributed by atoms with Crippen LogP contribution in [0.15, 0.2) is 48.8 Å². The zero-order chi connectivity index (χ0) is 19.9. The molecule has 3 heterocycles. The zero-order valence-corrected chi connectivity index (χ0v) is 17.7. The number of fused-ring (bicyclic) bond motifs is 1. The molecule has 6 heteroatoms. The number of nitrogens with zero attached hydrogens (tertiary/aromatic N) is 3. The number of thiol groups is 1. The van der Waals surface area contributed by atoms with Gasteiger partial charge >= 0.3 is 0 Å². The SMILES string of the molecule is CC.Cc1cn(S)c2ncc(N3CCOC(COCc4ccccc4)C3)cc12. The summed E-state index contributed by atoms with van der Waals surface area (Å²) in [6.45, 7) is 9.66. The first-order valence-corrected chi connectivity index (χ1v) is 10.3. The number of aryl methyl sites for hydroxylation is 1. The molecule has 4 rings (SSSR count). The van der Waals surface area contributed by atoms with E-state index in [4.69, 9.17) is 9.47 Å². The van der Waals surface area contributed by atoms with Crippen LogP contribution in [0.2, 0.25) is 0 Å². The van der Waals surface area contributed by atoms with E-state index in [1.54, 1.807) is 3.97 Å². The van der Waals surface area contributed by atoms with Crippen LogP contribution in [-0.2, 0) is 16.1 Å². The molecule has 1 atom stereocenters. The second kappa shape index (κ2) is 9.96. The maximum Gasteiger partial charge on any atom is 0.150 e. The largest absolute Gasteiger partial charge is 0.374 e. The van der Waals surface area contributed by atoms with Gasteiger partial charge in [-0.2, -0.15) is 0 Å². The standard InChI is InChI=1S/C20H23N3O2S.C2H6/c1-15-11-23(26)20-19(15)9-17(10-21-20)22-7-8-25-18(12-22)14-24-13-16-5-3-2-4-6-16;1-2/h2-6,9-11,18,26H,7-8,12-14H2,1H3;1-2H3. The lowest BCUT2D eigenvalue weighted by Crippen LogP contribution is -2.44. The molecular formula is C22H29N3O2S. The first-order chi connectivity index (χ1) is 13.7. The number of benzene rings is 1. The number of hydrogen-bond donors (Lipinski definition) is 1. The summed E-state index contributed by atoms with van der Waals surface area (Å²) in [5.41, 5.74) is 4.38. The molecule has 5 nitrogen and oxygen atoms in total. The molecule has 0 saturated carbocycles. The number of pyridine rings is 1. The molecule has 0 bridgehead atoms. The molecule has 0 amide bonds. The van der Waals surface area contributed by atoms with Crippen LogP contribution in [0.5, 0.6) is 0 Å². The summed E-state index contributed by atoms with van der Waals surface area (Å²) >= 11 is 4.42. The van der Waals surface area contributed by atoms with Crippen molar-refractivity contribution in [3.05, 3.63) is 59.9 Å². The molecule has 3 aromatic rings. The highest BCUT2D eigenvalue weighted by molar-refractivity contribution is 7.78. The molecule has 1 aliphatic heterocycles. The van der Waals surface area contributed by atoms with Crippen LogP contribution in [0, 0.1) is 6.92 Å². The molecule has 0 spiro atoms. The lowest BCUT2D eigenvalue weighted by Gasteiger charge is -2.34. The van der Waals surface area contributed by atoms with Crippen LogP contribution in [0.4, 0.5) is 5.69 Å². The molecule has 28 heavy (non-hydrogen) atoms. The van der Waals surface area contributed by atoms with Crippen molar-refractivity contribution in [2.24, 2.45) is 0 Å². The van der Waals surface area contributed by atoms with Gasteiger partial charge in [-0.3, -0.25) is 3.97 Å². The summed E-state index contributed by atoms with van der Waals surface area (Å²) in [5, 5.41) is 1.14. The highest BCUT2D eigenvalue weighted by Gasteiger charge is 2.22. The van der Waals surface area contributed by atoms with Gasteiger partial charge in [0.1, 0.15) is 5.65 Å². The van der Waals surface area contributed by atoms with E-state index in [0.717, 1.165) is 29.8 Å². The number of morpholine rings is 1. The van der Waals surface area contributed by atoms with Crippen molar-refractivity contribution in [1.29, 1.82) is 0 Å². The van der Waals surface area contributed by atoms with Crippen LogP contribution in [0.1, 0.15) is 25.0 Å². The molecule has 0 radical (unpaired) electrons. The van der Waals surface area contributed by atoms with Crippen LogP contribution in [0.25, 0.3) is 11.0 Å². The fraction of sp³-hybridized carbons (Fsp3) is 0.409. The Morgan fingerprint density at radius 2 is 2.04 bits per heavy atom. The maximum atomic E-state index is 5.88. The Morgan fingerprint density at radius 1 is 1.25 bits per heavy atom. The minimum absolute atomic E-state index is 0.0683. The molecule has 150 valence electrons. The van der Waals surface area contributed by atoms with Gasteiger partial charge in [0.15, 0.2) is 0 Å². The third-order valence-corrected chi connectivity index (χ3v) is 5.03. The summed E-state index contributed by atoms with van der Waals surface area (Å²) in [6, 6.07) is 12.4. The zero-order valence-electron chi connectivity index (χ0n) is 16.8. The quantitative estimate of drug-likeness (QED) is 0.642. The first-order valence-electron chi connectivity index (χ1n) is 9.86. The Hall–Kier alpha value is -2.02. The minimum atomic E-state index is 0.0683. The van der Waals surface area contributed by atoms with E-state index in [9.17, 15) is 0 Å². The lowest BCUT2D eigenvalue weighted by atomic mass is 10.2. The third kappa shape index (κ3) is 4.87. The number of anilines is 1. The summed E-state index contributed by atoms with van der Waals surface area (Å²) in [4.78, 5) is 6.90. The van der Waals surface area contributed by atoms with Gasteiger partial charge in [0, 0.05) is 24.7 Å². The summed E-state index contributed by atoms with van der Waals surface area (Å²) in [5.74, 6) is 0. The normalized spacial score (nSPS) is 16.7. The van der Waals surface area contributed by atoms with Crippen molar-refractivity contribution >= 4 is 29.5 Å². The van der Waals surface area contributed by atoms with Crippen LogP contribution in [0.3, 0.4) is 0 Å². The van der Waals surface area contributed by atoms with Gasteiger partial charge in [0.25, 0.3) is 0 Å². The van der Waals surface area contributed by atoms with Gasteiger partial charge in [-0.1, -0.05) is 57.0 Å².